The van der Waals surface area contributed by atoms with Crippen molar-refractivity contribution in [3.05, 3.63) is 48.2 Å². The average molecular weight is 305 g/mol. The summed E-state index contributed by atoms with van der Waals surface area (Å²) in [5, 5.41) is 20.3. The van der Waals surface area contributed by atoms with E-state index < -0.39 is 52.7 Å². The first-order valence-corrected chi connectivity index (χ1v) is 5.83. The summed E-state index contributed by atoms with van der Waals surface area (Å²) >= 11 is 0. The highest BCUT2D eigenvalue weighted by Gasteiger charge is 2.25. The number of ether oxygens (including phenoxy) is 1. The molecule has 4 radical (unpaired) electrons. The highest BCUT2D eigenvalue weighted by molar-refractivity contribution is 6.10. The molecule has 22 heavy (non-hydrogen) atoms. The lowest BCUT2D eigenvalue weighted by molar-refractivity contribution is 0.0533. The number of carbonyl (C=O) groups excluding carboxylic acids is 2. The van der Waals surface area contributed by atoms with Crippen LogP contribution in [-0.4, -0.2) is 47.2 Å². The van der Waals surface area contributed by atoms with E-state index in [1.165, 1.54) is 0 Å². The van der Waals surface area contributed by atoms with Gasteiger partial charge < -0.3 is 20.3 Å². The van der Waals surface area contributed by atoms with E-state index >= 15 is 0 Å². The van der Waals surface area contributed by atoms with Crippen molar-refractivity contribution >= 4 is 23.8 Å². The minimum atomic E-state index is -1.56. The molecule has 0 atom stereocenters. The highest BCUT2D eigenvalue weighted by Crippen LogP contribution is 2.19. The van der Waals surface area contributed by atoms with E-state index in [2.05, 4.69) is 10.1 Å². The molecule has 0 aliphatic heterocycles. The van der Waals surface area contributed by atoms with Crippen LogP contribution in [0.15, 0.2) is 12.1 Å². The van der Waals surface area contributed by atoms with Gasteiger partial charge in [0.2, 0.25) is 0 Å². The molecular formula is C14H11NO7. The van der Waals surface area contributed by atoms with Gasteiger partial charge in [0.15, 0.2) is 0 Å². The minimum absolute atomic E-state index is 0.277. The van der Waals surface area contributed by atoms with Gasteiger partial charge in [0.25, 0.3) is 5.91 Å². The Balaban J connectivity index is 3.58. The number of hydrogen-bond acceptors (Lipinski definition) is 5. The minimum Gasteiger partial charge on any atom is -0.478 e. The Kier molecular flexibility index (Phi) is 5.62. The molecule has 1 rings (SSSR count). The molecule has 0 saturated carbocycles. The third-order valence-corrected chi connectivity index (χ3v) is 2.56. The van der Waals surface area contributed by atoms with Crippen molar-refractivity contribution < 1.29 is 34.1 Å². The van der Waals surface area contributed by atoms with E-state index in [9.17, 15) is 19.2 Å². The van der Waals surface area contributed by atoms with Crippen LogP contribution < -0.4 is 5.32 Å². The Bertz CT molecular complexity index is 585. The van der Waals surface area contributed by atoms with Gasteiger partial charge in [-0.25, -0.2) is 14.4 Å². The zero-order valence-corrected chi connectivity index (χ0v) is 11.2. The van der Waals surface area contributed by atoms with Gasteiger partial charge >= 0.3 is 17.9 Å². The smallest absolute Gasteiger partial charge is 0.339 e. The number of carboxylic acids is 2. The van der Waals surface area contributed by atoms with Crippen LogP contribution in [0.3, 0.4) is 0 Å². The molecule has 1 aromatic rings. The predicted molar refractivity (Wildman–Crippen MR) is 71.6 cm³/mol. The highest BCUT2D eigenvalue weighted by atomic mass is 16.5. The van der Waals surface area contributed by atoms with E-state index in [0.29, 0.717) is 6.07 Å². The number of carbonyl (C=O) groups is 4. The van der Waals surface area contributed by atoms with Crippen LogP contribution in [-0.2, 0) is 4.74 Å². The lowest BCUT2D eigenvalue weighted by atomic mass is 9.97. The van der Waals surface area contributed by atoms with Crippen molar-refractivity contribution in [3.8, 4) is 0 Å². The third-order valence-electron chi connectivity index (χ3n) is 2.56. The van der Waals surface area contributed by atoms with Crippen molar-refractivity contribution in [1.29, 1.82) is 0 Å². The maximum absolute atomic E-state index is 11.8. The Hall–Kier alpha value is -2.90. The molecule has 0 spiro atoms. The topological polar surface area (TPSA) is 130 Å². The molecule has 1 aromatic carbocycles. The second kappa shape index (κ2) is 7.21. The zero-order valence-electron chi connectivity index (χ0n) is 11.2. The number of amides is 1. The molecule has 114 valence electrons. The van der Waals surface area contributed by atoms with Crippen LogP contribution in [0, 0.1) is 13.8 Å². The van der Waals surface area contributed by atoms with Crippen molar-refractivity contribution in [3.63, 3.8) is 0 Å². The molecule has 0 heterocycles. The lowest BCUT2D eigenvalue weighted by Crippen LogP contribution is -2.26. The average Bonchev–Trinajstić information content (AvgIpc) is 2.46. The van der Waals surface area contributed by atoms with Crippen LogP contribution >= 0.6 is 0 Å². The fraction of sp³-hybridized carbons (Fsp3) is 0.143. The normalized spacial score (nSPS) is 9.91. The van der Waals surface area contributed by atoms with E-state index in [1.807, 2.05) is 0 Å². The number of rotatable bonds is 6. The molecule has 8 nitrogen and oxygen atoms in total. The Labute approximate surface area is 125 Å². The number of benzene rings is 1. The molecule has 1 amide bonds. The molecule has 3 N–H and O–H groups in total. The summed E-state index contributed by atoms with van der Waals surface area (Å²) in [5.41, 5.74) is -2.13. The van der Waals surface area contributed by atoms with Crippen molar-refractivity contribution in [2.24, 2.45) is 0 Å². The molecule has 8 heteroatoms. The molecule has 0 saturated heterocycles. The van der Waals surface area contributed by atoms with E-state index in [1.54, 1.807) is 0 Å². The van der Waals surface area contributed by atoms with Crippen LogP contribution in [0.25, 0.3) is 0 Å². The van der Waals surface area contributed by atoms with Gasteiger partial charge in [0.05, 0.1) is 28.9 Å². The van der Waals surface area contributed by atoms with Gasteiger partial charge in [-0.3, -0.25) is 4.79 Å². The van der Waals surface area contributed by atoms with Gasteiger partial charge in [-0.05, 0) is 19.1 Å². The Morgan fingerprint density at radius 2 is 1.45 bits per heavy atom. The molecular weight excluding hydrogens is 294 g/mol. The standard InChI is InChI=1S/C14H11NO7/c1-3-15-11(16)7-5-10(14(21)22-4-2)9(13(19)20)6-8(7)12(17)18/h1-2,5-6H,3-4H2,(H,15,16)(H,17,18)(H,19,20). The summed E-state index contributed by atoms with van der Waals surface area (Å²) in [6.45, 7) is 9.38. The van der Waals surface area contributed by atoms with Crippen molar-refractivity contribution in [1.82, 2.24) is 5.32 Å². The van der Waals surface area contributed by atoms with Gasteiger partial charge in [0.1, 0.15) is 0 Å². The summed E-state index contributed by atoms with van der Waals surface area (Å²) in [7, 11) is 0. The van der Waals surface area contributed by atoms with Gasteiger partial charge in [-0.1, -0.05) is 0 Å². The summed E-state index contributed by atoms with van der Waals surface area (Å²) in [6.07, 6.45) is 0. The van der Waals surface area contributed by atoms with Gasteiger partial charge in [-0.2, -0.15) is 0 Å². The lowest BCUT2D eigenvalue weighted by Gasteiger charge is -2.11. The fourth-order valence-electron chi connectivity index (χ4n) is 1.65. The molecule has 0 aromatic heterocycles. The van der Waals surface area contributed by atoms with Crippen LogP contribution in [0.2, 0.25) is 0 Å². The van der Waals surface area contributed by atoms with E-state index in [-0.39, 0.29) is 6.54 Å². The quantitative estimate of drug-likeness (QED) is 0.648. The summed E-state index contributed by atoms with van der Waals surface area (Å²) in [4.78, 5) is 45.9. The predicted octanol–water partition coefficient (Wildman–Crippen LogP) is 0.392. The Morgan fingerprint density at radius 1 is 0.955 bits per heavy atom. The van der Waals surface area contributed by atoms with Gasteiger partial charge in [0, 0.05) is 13.5 Å². The maximum atomic E-state index is 11.8. The maximum Gasteiger partial charge on any atom is 0.339 e. The number of aromatic carboxylic acids is 2. The molecule has 0 unspecified atom stereocenters. The molecule has 0 aliphatic rings. The van der Waals surface area contributed by atoms with Crippen molar-refractivity contribution in [2.45, 2.75) is 0 Å². The first-order valence-electron chi connectivity index (χ1n) is 5.83. The summed E-state index contributed by atoms with van der Waals surface area (Å²) in [6, 6.07) is 1.51. The SMILES string of the molecule is [CH]CNC(=O)c1cc(C(=O)OC[CH])c(C(=O)O)cc1C(=O)O. The number of carboxylic acid groups (broad SMARTS) is 2. The second-order valence-corrected chi connectivity index (χ2v) is 3.86. The number of hydrogen-bond donors (Lipinski definition) is 3. The third kappa shape index (κ3) is 3.60. The second-order valence-electron chi connectivity index (χ2n) is 3.86. The van der Waals surface area contributed by atoms with Crippen LogP contribution in [0.5, 0.6) is 0 Å². The fourth-order valence-corrected chi connectivity index (χ4v) is 1.65. The number of esters is 1. The molecule has 0 fully saturated rings. The van der Waals surface area contributed by atoms with Crippen molar-refractivity contribution in [2.75, 3.05) is 13.2 Å². The van der Waals surface area contributed by atoms with Gasteiger partial charge in [-0.15, -0.1) is 0 Å². The summed E-state index contributed by atoms with van der Waals surface area (Å²) < 4.78 is 4.49. The first-order chi connectivity index (χ1) is 10.3. The molecule has 0 aliphatic carbocycles. The first kappa shape index (κ1) is 17.2. The van der Waals surface area contributed by atoms with Crippen LogP contribution in [0.1, 0.15) is 41.4 Å². The summed E-state index contributed by atoms with van der Waals surface area (Å²) in [5.74, 6) is -5.07. The van der Waals surface area contributed by atoms with E-state index in [0.717, 1.165) is 6.07 Å². The zero-order chi connectivity index (χ0) is 16.9. The Morgan fingerprint density at radius 3 is 1.91 bits per heavy atom. The van der Waals surface area contributed by atoms with Crippen LogP contribution in [0.4, 0.5) is 0 Å². The largest absolute Gasteiger partial charge is 0.478 e. The number of nitrogens with one attached hydrogen (secondary N) is 1. The monoisotopic (exact) mass is 305 g/mol. The van der Waals surface area contributed by atoms with E-state index in [4.69, 9.17) is 24.1 Å². The molecule has 0 bridgehead atoms.